The van der Waals surface area contributed by atoms with Crippen LogP contribution in [0.25, 0.3) is 0 Å². The van der Waals surface area contributed by atoms with E-state index in [2.05, 4.69) is 38.2 Å². The summed E-state index contributed by atoms with van der Waals surface area (Å²) in [4.78, 5) is 14.0. The summed E-state index contributed by atoms with van der Waals surface area (Å²) in [7, 11) is 4.16. The van der Waals surface area contributed by atoms with Gasteiger partial charge in [0.2, 0.25) is 5.91 Å². The van der Waals surface area contributed by atoms with Crippen LogP contribution in [-0.2, 0) is 4.79 Å². The minimum Gasteiger partial charge on any atom is -0.355 e. The van der Waals surface area contributed by atoms with Gasteiger partial charge in [0.15, 0.2) is 0 Å². The van der Waals surface area contributed by atoms with E-state index in [1.165, 1.54) is 0 Å². The minimum absolute atomic E-state index is 0.116. The molecule has 0 radical (unpaired) electrons. The molecule has 0 aliphatic rings. The fourth-order valence-corrected chi connectivity index (χ4v) is 2.29. The molecule has 0 aromatic rings. The Morgan fingerprint density at radius 1 is 1.28 bits per heavy atom. The molecule has 3 N–H and O–H groups in total. The summed E-state index contributed by atoms with van der Waals surface area (Å²) in [6.07, 6.45) is 2.82. The van der Waals surface area contributed by atoms with Gasteiger partial charge in [-0.2, -0.15) is 0 Å². The standard InChI is InChI=1S/C14H31N3O/c1-6-12(7-2)13(17(4)5)10-16-14(18)8-11(3)9-15/h11-13H,6-10,15H2,1-5H3,(H,16,18). The van der Waals surface area contributed by atoms with Gasteiger partial charge in [-0.25, -0.2) is 0 Å². The number of rotatable bonds is 9. The molecule has 108 valence electrons. The average Bonchev–Trinajstić information content (AvgIpc) is 2.33. The van der Waals surface area contributed by atoms with Crippen molar-refractivity contribution in [3.8, 4) is 0 Å². The van der Waals surface area contributed by atoms with Crippen LogP contribution < -0.4 is 11.1 Å². The van der Waals surface area contributed by atoms with Gasteiger partial charge >= 0.3 is 0 Å². The topological polar surface area (TPSA) is 58.4 Å². The number of amides is 1. The van der Waals surface area contributed by atoms with E-state index < -0.39 is 0 Å². The highest BCUT2D eigenvalue weighted by Gasteiger charge is 2.21. The molecular formula is C14H31N3O. The Balaban J connectivity index is 4.23. The first-order valence-electron chi connectivity index (χ1n) is 7.09. The molecule has 18 heavy (non-hydrogen) atoms. The van der Waals surface area contributed by atoms with Crippen molar-refractivity contribution in [3.63, 3.8) is 0 Å². The Morgan fingerprint density at radius 3 is 2.22 bits per heavy atom. The molecule has 2 atom stereocenters. The highest BCUT2D eigenvalue weighted by molar-refractivity contribution is 5.76. The van der Waals surface area contributed by atoms with E-state index >= 15 is 0 Å². The number of hydrogen-bond donors (Lipinski definition) is 2. The Kier molecular flexibility index (Phi) is 9.02. The van der Waals surface area contributed by atoms with Crippen molar-refractivity contribution in [1.29, 1.82) is 0 Å². The zero-order chi connectivity index (χ0) is 14.1. The molecule has 0 aromatic carbocycles. The zero-order valence-corrected chi connectivity index (χ0v) is 12.7. The maximum atomic E-state index is 11.8. The van der Waals surface area contributed by atoms with Gasteiger partial charge in [-0.15, -0.1) is 0 Å². The highest BCUT2D eigenvalue weighted by Crippen LogP contribution is 2.16. The van der Waals surface area contributed by atoms with Crippen LogP contribution in [0.15, 0.2) is 0 Å². The molecule has 0 saturated heterocycles. The summed E-state index contributed by atoms with van der Waals surface area (Å²) in [5.74, 6) is 1.01. The van der Waals surface area contributed by atoms with Gasteiger partial charge in [0.25, 0.3) is 0 Å². The van der Waals surface area contributed by atoms with Crippen molar-refractivity contribution in [2.45, 2.75) is 46.1 Å². The molecule has 1 amide bonds. The second kappa shape index (κ2) is 9.34. The zero-order valence-electron chi connectivity index (χ0n) is 12.7. The predicted octanol–water partition coefficient (Wildman–Crippen LogP) is 1.45. The maximum Gasteiger partial charge on any atom is 0.220 e. The van der Waals surface area contributed by atoms with Crippen molar-refractivity contribution in [3.05, 3.63) is 0 Å². The van der Waals surface area contributed by atoms with E-state index in [4.69, 9.17) is 5.73 Å². The number of carbonyl (C=O) groups is 1. The van der Waals surface area contributed by atoms with Crippen LogP contribution in [0.3, 0.4) is 0 Å². The van der Waals surface area contributed by atoms with E-state index in [0.29, 0.717) is 24.9 Å². The summed E-state index contributed by atoms with van der Waals surface area (Å²) in [5, 5.41) is 3.04. The van der Waals surface area contributed by atoms with Gasteiger partial charge in [0, 0.05) is 19.0 Å². The molecule has 0 bridgehead atoms. The van der Waals surface area contributed by atoms with Crippen molar-refractivity contribution in [2.24, 2.45) is 17.6 Å². The van der Waals surface area contributed by atoms with Crippen LogP contribution in [-0.4, -0.2) is 44.0 Å². The number of carbonyl (C=O) groups excluding carboxylic acids is 1. The maximum absolute atomic E-state index is 11.8. The number of nitrogens with one attached hydrogen (secondary N) is 1. The molecule has 4 nitrogen and oxygen atoms in total. The summed E-state index contributed by atoms with van der Waals surface area (Å²) in [6.45, 7) is 7.72. The van der Waals surface area contributed by atoms with E-state index in [1.54, 1.807) is 0 Å². The Labute approximate surface area is 112 Å². The monoisotopic (exact) mass is 257 g/mol. The molecule has 0 fully saturated rings. The summed E-state index contributed by atoms with van der Waals surface area (Å²) in [6, 6.07) is 0.414. The van der Waals surface area contributed by atoms with Crippen molar-refractivity contribution < 1.29 is 4.79 Å². The first-order chi connectivity index (χ1) is 8.46. The predicted molar refractivity (Wildman–Crippen MR) is 77.4 cm³/mol. The molecule has 4 heteroatoms. The first kappa shape index (κ1) is 17.4. The third-order valence-corrected chi connectivity index (χ3v) is 3.70. The summed E-state index contributed by atoms with van der Waals surface area (Å²) >= 11 is 0. The normalized spacial score (nSPS) is 14.9. The molecule has 0 heterocycles. The lowest BCUT2D eigenvalue weighted by molar-refractivity contribution is -0.122. The molecule has 0 saturated carbocycles. The van der Waals surface area contributed by atoms with Crippen LogP contribution >= 0.6 is 0 Å². The Hall–Kier alpha value is -0.610. The van der Waals surface area contributed by atoms with Crippen LogP contribution in [0.2, 0.25) is 0 Å². The fraction of sp³-hybridized carbons (Fsp3) is 0.929. The SMILES string of the molecule is CCC(CC)C(CNC(=O)CC(C)CN)N(C)C. The smallest absolute Gasteiger partial charge is 0.220 e. The first-order valence-corrected chi connectivity index (χ1v) is 7.09. The lowest BCUT2D eigenvalue weighted by Gasteiger charge is -2.31. The lowest BCUT2D eigenvalue weighted by atomic mass is 9.93. The van der Waals surface area contributed by atoms with Gasteiger partial charge < -0.3 is 16.0 Å². The van der Waals surface area contributed by atoms with Crippen molar-refractivity contribution >= 4 is 5.91 Å². The van der Waals surface area contributed by atoms with E-state index in [9.17, 15) is 4.79 Å². The van der Waals surface area contributed by atoms with E-state index in [1.807, 2.05) is 6.92 Å². The van der Waals surface area contributed by atoms with Gasteiger partial charge in [0.05, 0.1) is 0 Å². The van der Waals surface area contributed by atoms with Crippen LogP contribution in [0.5, 0.6) is 0 Å². The van der Waals surface area contributed by atoms with Crippen LogP contribution in [0.4, 0.5) is 0 Å². The largest absolute Gasteiger partial charge is 0.355 e. The second-order valence-corrected chi connectivity index (χ2v) is 5.46. The molecular weight excluding hydrogens is 226 g/mol. The summed E-state index contributed by atoms with van der Waals surface area (Å²) < 4.78 is 0. The van der Waals surface area contributed by atoms with Crippen LogP contribution in [0.1, 0.15) is 40.0 Å². The summed E-state index contributed by atoms with van der Waals surface area (Å²) in [5.41, 5.74) is 5.53. The Morgan fingerprint density at radius 2 is 1.83 bits per heavy atom. The third kappa shape index (κ3) is 6.36. The Bertz CT molecular complexity index is 227. The molecule has 0 aliphatic heterocycles. The number of nitrogens with two attached hydrogens (primary N) is 1. The van der Waals surface area contributed by atoms with Crippen molar-refractivity contribution in [1.82, 2.24) is 10.2 Å². The fourth-order valence-electron chi connectivity index (χ4n) is 2.29. The van der Waals surface area contributed by atoms with Gasteiger partial charge in [-0.05, 0) is 32.5 Å². The van der Waals surface area contributed by atoms with E-state index in [-0.39, 0.29) is 11.8 Å². The highest BCUT2D eigenvalue weighted by atomic mass is 16.1. The quantitative estimate of drug-likeness (QED) is 0.657. The molecule has 0 spiro atoms. The van der Waals surface area contributed by atoms with Gasteiger partial charge in [0.1, 0.15) is 0 Å². The lowest BCUT2D eigenvalue weighted by Crippen LogP contribution is -2.45. The number of likely N-dealkylation sites (N-methyl/N-ethyl adjacent to an activating group) is 1. The third-order valence-electron chi connectivity index (χ3n) is 3.70. The van der Waals surface area contributed by atoms with Gasteiger partial charge in [-0.1, -0.05) is 33.6 Å². The number of hydrogen-bond acceptors (Lipinski definition) is 3. The van der Waals surface area contributed by atoms with E-state index in [0.717, 1.165) is 19.4 Å². The van der Waals surface area contributed by atoms with Crippen LogP contribution in [0, 0.1) is 11.8 Å². The average molecular weight is 257 g/mol. The van der Waals surface area contributed by atoms with Gasteiger partial charge in [-0.3, -0.25) is 4.79 Å². The molecule has 2 unspecified atom stereocenters. The van der Waals surface area contributed by atoms with Crippen molar-refractivity contribution in [2.75, 3.05) is 27.2 Å². The molecule has 0 aromatic heterocycles. The number of nitrogens with zero attached hydrogens (tertiary/aromatic N) is 1. The minimum atomic E-state index is 0.116. The molecule has 0 rings (SSSR count). The second-order valence-electron chi connectivity index (χ2n) is 5.46. The molecule has 0 aliphatic carbocycles.